The van der Waals surface area contributed by atoms with E-state index in [9.17, 15) is 0 Å². The summed E-state index contributed by atoms with van der Waals surface area (Å²) < 4.78 is 6.18. The molecule has 2 heterocycles. The van der Waals surface area contributed by atoms with Crippen LogP contribution in [0.4, 0.5) is 0 Å². The van der Waals surface area contributed by atoms with Gasteiger partial charge in [0.25, 0.3) is 0 Å². The maximum atomic E-state index is 6.18. The van der Waals surface area contributed by atoms with Gasteiger partial charge in [-0.15, -0.1) is 5.10 Å². The number of ether oxygens (including phenoxy) is 1. The van der Waals surface area contributed by atoms with Crippen molar-refractivity contribution in [1.29, 1.82) is 0 Å². The van der Waals surface area contributed by atoms with E-state index in [1.807, 2.05) is 6.07 Å². The van der Waals surface area contributed by atoms with Gasteiger partial charge in [0, 0.05) is 17.9 Å². The monoisotopic (exact) mass is 365 g/mol. The number of rotatable bonds is 6. The van der Waals surface area contributed by atoms with Crippen molar-refractivity contribution in [3.63, 3.8) is 0 Å². The normalized spacial score (nSPS) is 19.7. The number of aromatic amines is 1. The third-order valence-corrected chi connectivity index (χ3v) is 5.99. The Hall–Kier alpha value is -2.11. The third-order valence-electron chi connectivity index (χ3n) is 4.94. The minimum Gasteiger partial charge on any atom is -0.369 e. The molecule has 3 aromatic rings. The van der Waals surface area contributed by atoms with E-state index in [2.05, 4.69) is 70.6 Å². The zero-order valence-corrected chi connectivity index (χ0v) is 15.8. The number of thioether (sulfide) groups is 1. The molecular weight excluding hydrogens is 342 g/mol. The van der Waals surface area contributed by atoms with Crippen LogP contribution in [0, 0.1) is 0 Å². The second-order valence-corrected chi connectivity index (χ2v) is 7.56. The minimum atomic E-state index is -0.227. The van der Waals surface area contributed by atoms with Crippen LogP contribution in [0.25, 0.3) is 11.4 Å². The molecule has 4 nitrogen and oxygen atoms in total. The first-order valence-corrected chi connectivity index (χ1v) is 10.1. The highest BCUT2D eigenvalue weighted by Crippen LogP contribution is 2.40. The first kappa shape index (κ1) is 17.3. The Morgan fingerprint density at radius 3 is 2.62 bits per heavy atom. The van der Waals surface area contributed by atoms with Crippen molar-refractivity contribution in [2.75, 3.05) is 12.4 Å². The molecule has 1 unspecified atom stereocenters. The molecule has 1 N–H and O–H groups in total. The number of hydrogen-bond donors (Lipinski definition) is 1. The van der Waals surface area contributed by atoms with Crippen molar-refractivity contribution in [1.82, 2.24) is 15.2 Å². The van der Waals surface area contributed by atoms with Gasteiger partial charge >= 0.3 is 0 Å². The highest BCUT2D eigenvalue weighted by Gasteiger charge is 2.37. The van der Waals surface area contributed by atoms with E-state index < -0.39 is 0 Å². The van der Waals surface area contributed by atoms with Gasteiger partial charge in [-0.25, -0.2) is 4.98 Å². The zero-order valence-electron chi connectivity index (χ0n) is 14.9. The molecule has 0 radical (unpaired) electrons. The maximum absolute atomic E-state index is 6.18. The average molecular weight is 366 g/mol. The minimum absolute atomic E-state index is 0.227. The number of benzene rings is 2. The molecule has 0 saturated carbocycles. The lowest BCUT2D eigenvalue weighted by Gasteiger charge is -2.28. The summed E-state index contributed by atoms with van der Waals surface area (Å²) in [5, 5.41) is 8.23. The van der Waals surface area contributed by atoms with Gasteiger partial charge in [-0.05, 0) is 30.4 Å². The van der Waals surface area contributed by atoms with Crippen LogP contribution >= 0.6 is 11.8 Å². The highest BCUT2D eigenvalue weighted by molar-refractivity contribution is 7.99. The predicted octanol–water partition coefficient (Wildman–Crippen LogP) is 4.83. The van der Waals surface area contributed by atoms with Crippen molar-refractivity contribution in [2.24, 2.45) is 0 Å². The van der Waals surface area contributed by atoms with Crippen LogP contribution in [0.2, 0.25) is 0 Å². The van der Waals surface area contributed by atoms with E-state index in [1.165, 1.54) is 11.1 Å². The highest BCUT2D eigenvalue weighted by atomic mass is 32.2. The van der Waals surface area contributed by atoms with Gasteiger partial charge < -0.3 is 4.74 Å². The summed E-state index contributed by atoms with van der Waals surface area (Å²) in [7, 11) is 0. The van der Waals surface area contributed by atoms with E-state index >= 15 is 0 Å². The lowest BCUT2D eigenvalue weighted by atomic mass is 9.93. The number of aromatic nitrogens is 3. The second-order valence-electron chi connectivity index (χ2n) is 6.62. The van der Waals surface area contributed by atoms with E-state index in [-0.39, 0.29) is 5.60 Å². The van der Waals surface area contributed by atoms with Crippen LogP contribution in [-0.4, -0.2) is 27.5 Å². The molecule has 1 saturated heterocycles. The van der Waals surface area contributed by atoms with E-state index in [1.54, 1.807) is 11.8 Å². The average Bonchev–Trinajstić information content (AvgIpc) is 3.38. The van der Waals surface area contributed by atoms with Crippen molar-refractivity contribution >= 4 is 11.8 Å². The van der Waals surface area contributed by atoms with Crippen LogP contribution in [0.15, 0.2) is 59.8 Å². The van der Waals surface area contributed by atoms with Gasteiger partial charge in [0.05, 0.1) is 0 Å². The third kappa shape index (κ3) is 3.55. The van der Waals surface area contributed by atoms with Gasteiger partial charge in [-0.1, -0.05) is 73.3 Å². The molecule has 1 atom stereocenters. The number of H-pyrrole nitrogens is 1. The molecule has 0 bridgehead atoms. The fourth-order valence-corrected chi connectivity index (χ4v) is 4.41. The van der Waals surface area contributed by atoms with Crippen LogP contribution in [0.5, 0.6) is 0 Å². The molecule has 4 rings (SSSR count). The van der Waals surface area contributed by atoms with Gasteiger partial charge in [0.1, 0.15) is 5.60 Å². The summed E-state index contributed by atoms with van der Waals surface area (Å²) in [6.07, 6.45) is 3.18. The van der Waals surface area contributed by atoms with Gasteiger partial charge in [0.2, 0.25) is 5.16 Å². The van der Waals surface area contributed by atoms with Crippen LogP contribution in [0.1, 0.15) is 30.9 Å². The molecule has 1 aliphatic heterocycles. The number of aryl methyl sites for hydroxylation is 1. The van der Waals surface area contributed by atoms with Crippen molar-refractivity contribution in [2.45, 2.75) is 36.9 Å². The largest absolute Gasteiger partial charge is 0.369 e. The molecule has 2 aromatic carbocycles. The summed E-state index contributed by atoms with van der Waals surface area (Å²) in [5.41, 5.74) is 3.41. The van der Waals surface area contributed by atoms with E-state index in [0.29, 0.717) is 0 Å². The van der Waals surface area contributed by atoms with E-state index in [4.69, 9.17) is 4.74 Å². The number of hydrogen-bond acceptors (Lipinski definition) is 4. The molecule has 26 heavy (non-hydrogen) atoms. The lowest BCUT2D eigenvalue weighted by Crippen LogP contribution is -2.27. The first-order valence-electron chi connectivity index (χ1n) is 9.13. The summed E-state index contributed by atoms with van der Waals surface area (Å²) in [5.74, 6) is 1.64. The van der Waals surface area contributed by atoms with Crippen LogP contribution in [0.3, 0.4) is 0 Å². The molecule has 0 spiro atoms. The Kier molecular flexibility index (Phi) is 5.09. The SMILES string of the molecule is CCc1ccc(-c2nc(SCC3(c4ccccc4)CCCO3)n[nH]2)cc1. The molecule has 1 aliphatic rings. The molecule has 0 aliphatic carbocycles. The summed E-state index contributed by atoms with van der Waals surface area (Å²) >= 11 is 1.66. The summed E-state index contributed by atoms with van der Waals surface area (Å²) in [6.45, 7) is 2.98. The topological polar surface area (TPSA) is 50.8 Å². The fraction of sp³-hybridized carbons (Fsp3) is 0.333. The van der Waals surface area contributed by atoms with E-state index in [0.717, 1.165) is 48.2 Å². The Morgan fingerprint density at radius 1 is 1.12 bits per heavy atom. The van der Waals surface area contributed by atoms with Gasteiger partial charge in [-0.3, -0.25) is 5.10 Å². The fourth-order valence-electron chi connectivity index (χ4n) is 3.38. The zero-order chi connectivity index (χ0) is 17.8. The molecule has 0 amide bonds. The number of nitrogens with zero attached hydrogens (tertiary/aromatic N) is 2. The van der Waals surface area contributed by atoms with Gasteiger partial charge in [-0.2, -0.15) is 0 Å². The second kappa shape index (κ2) is 7.64. The predicted molar refractivity (Wildman–Crippen MR) is 105 cm³/mol. The van der Waals surface area contributed by atoms with Crippen molar-refractivity contribution in [3.8, 4) is 11.4 Å². The smallest absolute Gasteiger partial charge is 0.208 e. The Bertz CT molecular complexity index is 839. The standard InChI is InChI=1S/C21H23N3OS/c1-2-16-9-11-17(12-10-16)19-22-20(24-23-19)26-15-21(13-6-14-25-21)18-7-4-3-5-8-18/h3-5,7-12H,2,6,13-15H2,1H3,(H,22,23,24). The molecular formula is C21H23N3OS. The Balaban J connectivity index is 1.48. The van der Waals surface area contributed by atoms with Crippen LogP contribution < -0.4 is 0 Å². The number of nitrogens with one attached hydrogen (secondary N) is 1. The van der Waals surface area contributed by atoms with Gasteiger partial charge in [0.15, 0.2) is 5.82 Å². The van der Waals surface area contributed by atoms with Crippen molar-refractivity contribution < 1.29 is 4.74 Å². The molecule has 1 fully saturated rings. The van der Waals surface area contributed by atoms with Crippen molar-refractivity contribution in [3.05, 3.63) is 65.7 Å². The first-order chi connectivity index (χ1) is 12.8. The Morgan fingerprint density at radius 2 is 1.92 bits per heavy atom. The van der Waals surface area contributed by atoms with Crippen LogP contribution in [-0.2, 0) is 16.8 Å². The lowest BCUT2D eigenvalue weighted by molar-refractivity contribution is 0.0211. The molecule has 134 valence electrons. The quantitative estimate of drug-likeness (QED) is 0.636. The Labute approximate surface area is 158 Å². The summed E-state index contributed by atoms with van der Waals surface area (Å²) in [4.78, 5) is 4.66. The summed E-state index contributed by atoms with van der Waals surface area (Å²) in [6, 6.07) is 19.0. The maximum Gasteiger partial charge on any atom is 0.208 e. The molecule has 5 heteroatoms. The molecule has 1 aromatic heterocycles.